The van der Waals surface area contributed by atoms with E-state index in [1.165, 1.54) is 6.26 Å². The monoisotopic (exact) mass is 305 g/mol. The number of hydrogen-bond acceptors (Lipinski definition) is 4. The Hall–Kier alpha value is -2.40. The average Bonchev–Trinajstić information content (AvgIpc) is 2.87. The molecule has 0 amide bonds. The zero-order valence-corrected chi connectivity index (χ0v) is 11.8. The summed E-state index contributed by atoms with van der Waals surface area (Å²) in [7, 11) is 0. The number of ether oxygens (including phenoxy) is 2. The summed E-state index contributed by atoms with van der Waals surface area (Å²) < 4.78 is 10.5. The Morgan fingerprint density at radius 2 is 2.10 bits per heavy atom. The van der Waals surface area contributed by atoms with E-state index in [0.29, 0.717) is 16.3 Å². The van der Waals surface area contributed by atoms with Gasteiger partial charge in [0.25, 0.3) is 0 Å². The first kappa shape index (κ1) is 13.6. The van der Waals surface area contributed by atoms with Crippen LogP contribution in [-0.2, 0) is 9.47 Å². The third-order valence-electron chi connectivity index (χ3n) is 3.31. The molecule has 0 spiro atoms. The van der Waals surface area contributed by atoms with Crippen LogP contribution in [-0.4, -0.2) is 11.3 Å². The Bertz CT molecular complexity index is 688. The Morgan fingerprint density at radius 1 is 1.38 bits per heavy atom. The van der Waals surface area contributed by atoms with Gasteiger partial charge in [-0.3, -0.25) is 0 Å². The highest BCUT2D eigenvalue weighted by molar-refractivity contribution is 6.30. The fourth-order valence-corrected chi connectivity index (χ4v) is 2.45. The number of halogens is 1. The lowest BCUT2D eigenvalue weighted by Crippen LogP contribution is -2.18. The second kappa shape index (κ2) is 5.18. The van der Waals surface area contributed by atoms with Crippen molar-refractivity contribution in [1.82, 2.24) is 5.32 Å². The molecule has 0 fully saturated rings. The van der Waals surface area contributed by atoms with Crippen molar-refractivity contribution >= 4 is 17.8 Å². The van der Waals surface area contributed by atoms with E-state index in [2.05, 4.69) is 5.32 Å². The summed E-state index contributed by atoms with van der Waals surface area (Å²) >= 11 is 5.88. The second-order valence-electron chi connectivity index (χ2n) is 4.67. The number of dihydropyridines is 1. The van der Waals surface area contributed by atoms with Crippen LogP contribution in [0.1, 0.15) is 18.6 Å². The van der Waals surface area contributed by atoms with Gasteiger partial charge in [0.2, 0.25) is 0 Å². The highest BCUT2D eigenvalue weighted by atomic mass is 35.5. The van der Waals surface area contributed by atoms with Crippen LogP contribution in [0, 0.1) is 0 Å². The van der Waals surface area contributed by atoms with E-state index < -0.39 is 6.16 Å². The van der Waals surface area contributed by atoms with Crippen molar-refractivity contribution in [1.29, 1.82) is 0 Å². The molecule has 0 saturated carbocycles. The Morgan fingerprint density at radius 3 is 2.76 bits per heavy atom. The fourth-order valence-electron chi connectivity index (χ4n) is 2.32. The number of allylic oxidation sites excluding steroid dienone is 2. The molecule has 0 aliphatic carbocycles. The van der Waals surface area contributed by atoms with Crippen molar-refractivity contribution in [3.63, 3.8) is 0 Å². The SMILES string of the molecule is CC1=C(OC(=O)O)C2=COC(c3ccc(Cl)cc3)C2=CN1. The number of carboxylic acid groups (broad SMARTS) is 1. The highest BCUT2D eigenvalue weighted by Gasteiger charge is 2.33. The molecule has 6 heteroatoms. The van der Waals surface area contributed by atoms with E-state index in [1.807, 2.05) is 12.1 Å². The number of carbonyl (C=O) groups is 1. The summed E-state index contributed by atoms with van der Waals surface area (Å²) in [5, 5.41) is 12.5. The van der Waals surface area contributed by atoms with Gasteiger partial charge < -0.3 is 19.9 Å². The smallest absolute Gasteiger partial charge is 0.488 e. The number of benzene rings is 1. The molecular formula is C15H12ClNO4. The summed E-state index contributed by atoms with van der Waals surface area (Å²) in [6, 6.07) is 7.30. The van der Waals surface area contributed by atoms with Gasteiger partial charge in [-0.15, -0.1) is 0 Å². The lowest BCUT2D eigenvalue weighted by atomic mass is 9.95. The molecule has 1 aromatic carbocycles. The molecule has 0 saturated heterocycles. The average molecular weight is 306 g/mol. The molecule has 1 unspecified atom stereocenters. The van der Waals surface area contributed by atoms with Gasteiger partial charge in [0.1, 0.15) is 0 Å². The topological polar surface area (TPSA) is 67.8 Å². The van der Waals surface area contributed by atoms with Gasteiger partial charge in [-0.2, -0.15) is 0 Å². The van der Waals surface area contributed by atoms with Crippen LogP contribution in [0.3, 0.4) is 0 Å². The lowest BCUT2D eigenvalue weighted by Gasteiger charge is -2.20. The Kier molecular flexibility index (Phi) is 3.35. The van der Waals surface area contributed by atoms with Crippen molar-refractivity contribution in [2.24, 2.45) is 0 Å². The molecule has 2 aliphatic heterocycles. The third kappa shape index (κ3) is 2.48. The number of fused-ring (bicyclic) bond motifs is 1. The Balaban J connectivity index is 1.90. The summed E-state index contributed by atoms with van der Waals surface area (Å²) in [5.74, 6) is 0.261. The summed E-state index contributed by atoms with van der Waals surface area (Å²) in [5.41, 5.74) is 2.99. The molecule has 108 valence electrons. The van der Waals surface area contributed by atoms with Crippen molar-refractivity contribution < 1.29 is 19.4 Å². The highest BCUT2D eigenvalue weighted by Crippen LogP contribution is 2.42. The molecule has 1 atom stereocenters. The van der Waals surface area contributed by atoms with Crippen molar-refractivity contribution in [2.45, 2.75) is 13.0 Å². The zero-order chi connectivity index (χ0) is 15.0. The van der Waals surface area contributed by atoms with Gasteiger partial charge in [0.15, 0.2) is 11.9 Å². The van der Waals surface area contributed by atoms with Gasteiger partial charge >= 0.3 is 6.16 Å². The molecule has 0 bridgehead atoms. The van der Waals surface area contributed by atoms with Crippen LogP contribution in [0.4, 0.5) is 4.79 Å². The number of nitrogens with one attached hydrogen (secondary N) is 1. The van der Waals surface area contributed by atoms with E-state index in [0.717, 1.165) is 11.1 Å². The van der Waals surface area contributed by atoms with Crippen molar-refractivity contribution in [3.8, 4) is 0 Å². The van der Waals surface area contributed by atoms with Crippen LogP contribution in [0.5, 0.6) is 0 Å². The number of rotatable bonds is 2. The molecule has 5 nitrogen and oxygen atoms in total. The first-order valence-electron chi connectivity index (χ1n) is 6.26. The van der Waals surface area contributed by atoms with E-state index >= 15 is 0 Å². The predicted octanol–water partition coefficient (Wildman–Crippen LogP) is 3.71. The molecule has 0 radical (unpaired) electrons. The van der Waals surface area contributed by atoms with Gasteiger partial charge in [0.05, 0.1) is 17.5 Å². The van der Waals surface area contributed by atoms with Crippen molar-refractivity contribution in [3.05, 3.63) is 69.9 Å². The van der Waals surface area contributed by atoms with Gasteiger partial charge in [0, 0.05) is 16.8 Å². The first-order valence-corrected chi connectivity index (χ1v) is 6.64. The summed E-state index contributed by atoms with van der Waals surface area (Å²) in [6.07, 6.45) is 1.64. The first-order chi connectivity index (χ1) is 10.1. The lowest BCUT2D eigenvalue weighted by molar-refractivity contribution is 0.119. The summed E-state index contributed by atoms with van der Waals surface area (Å²) in [6.45, 7) is 1.74. The minimum absolute atomic E-state index is 0.261. The fraction of sp³-hybridized carbons (Fsp3) is 0.133. The zero-order valence-electron chi connectivity index (χ0n) is 11.1. The third-order valence-corrected chi connectivity index (χ3v) is 3.56. The molecule has 2 aliphatic rings. The molecule has 1 aromatic rings. The van der Waals surface area contributed by atoms with E-state index in [9.17, 15) is 4.79 Å². The van der Waals surface area contributed by atoms with E-state index in [1.54, 1.807) is 25.3 Å². The predicted molar refractivity (Wildman–Crippen MR) is 76.4 cm³/mol. The quantitative estimate of drug-likeness (QED) is 0.815. The minimum Gasteiger partial charge on any atom is -0.488 e. The largest absolute Gasteiger partial charge is 0.511 e. The normalized spacial score (nSPS) is 20.0. The maximum absolute atomic E-state index is 10.8. The van der Waals surface area contributed by atoms with Gasteiger partial charge in [-0.1, -0.05) is 23.7 Å². The van der Waals surface area contributed by atoms with Gasteiger partial charge in [-0.05, 0) is 24.6 Å². The van der Waals surface area contributed by atoms with Crippen LogP contribution < -0.4 is 5.32 Å². The molecule has 21 heavy (non-hydrogen) atoms. The van der Waals surface area contributed by atoms with Crippen LogP contribution >= 0.6 is 11.6 Å². The van der Waals surface area contributed by atoms with Gasteiger partial charge in [-0.25, -0.2) is 4.79 Å². The Labute approximate surface area is 126 Å². The van der Waals surface area contributed by atoms with Crippen LogP contribution in [0.15, 0.2) is 59.3 Å². The second-order valence-corrected chi connectivity index (χ2v) is 5.10. The maximum Gasteiger partial charge on any atom is 0.511 e. The van der Waals surface area contributed by atoms with E-state index in [-0.39, 0.29) is 11.9 Å². The molecular weight excluding hydrogens is 294 g/mol. The number of hydrogen-bond donors (Lipinski definition) is 2. The van der Waals surface area contributed by atoms with Crippen LogP contribution in [0.25, 0.3) is 0 Å². The summed E-state index contributed by atoms with van der Waals surface area (Å²) in [4.78, 5) is 10.8. The minimum atomic E-state index is -1.36. The van der Waals surface area contributed by atoms with Crippen LogP contribution in [0.2, 0.25) is 5.02 Å². The molecule has 0 aromatic heterocycles. The van der Waals surface area contributed by atoms with Crippen molar-refractivity contribution in [2.75, 3.05) is 0 Å². The molecule has 3 rings (SSSR count). The van der Waals surface area contributed by atoms with E-state index in [4.69, 9.17) is 26.2 Å². The molecule has 2 N–H and O–H groups in total. The maximum atomic E-state index is 10.8. The molecule has 2 heterocycles. The standard InChI is InChI=1S/C15H12ClNO4/c1-8-13(21-15(18)19)12-7-20-14(11(12)6-17-8)9-2-4-10(16)5-3-9/h2-7,14,17H,1H3,(H,18,19).